The minimum atomic E-state index is 0.806. The van der Waals surface area contributed by atoms with E-state index in [2.05, 4.69) is 18.3 Å². The number of hydrogen-bond donors (Lipinski definition) is 1. The lowest BCUT2D eigenvalue weighted by molar-refractivity contribution is 0.635. The van der Waals surface area contributed by atoms with E-state index in [1.165, 1.54) is 6.42 Å². The van der Waals surface area contributed by atoms with Crippen LogP contribution in [0.1, 0.15) is 13.3 Å². The normalized spacial score (nSPS) is 27.9. The molecular formula is C6H11N. The van der Waals surface area contributed by atoms with Crippen molar-refractivity contribution in [2.75, 3.05) is 6.54 Å². The van der Waals surface area contributed by atoms with Gasteiger partial charge in [0.1, 0.15) is 0 Å². The average molecular weight is 97.2 g/mol. The fraction of sp³-hybridized carbons (Fsp3) is 0.667. The van der Waals surface area contributed by atoms with Crippen LogP contribution in [0.2, 0.25) is 0 Å². The van der Waals surface area contributed by atoms with Crippen LogP contribution in [0.4, 0.5) is 0 Å². The molecule has 0 aliphatic carbocycles. The molecule has 0 aromatic heterocycles. The molecule has 0 spiro atoms. The van der Waals surface area contributed by atoms with Crippen molar-refractivity contribution < 1.29 is 0 Å². The number of nitrogens with one attached hydrogen (secondary N) is 1. The molecule has 0 saturated heterocycles. The molecule has 1 heteroatoms. The van der Waals surface area contributed by atoms with Gasteiger partial charge in [-0.25, -0.2) is 0 Å². The van der Waals surface area contributed by atoms with Crippen LogP contribution in [0.15, 0.2) is 12.3 Å². The maximum absolute atomic E-state index is 3.14. The van der Waals surface area contributed by atoms with Gasteiger partial charge in [0.25, 0.3) is 0 Å². The molecule has 1 unspecified atom stereocenters. The van der Waals surface area contributed by atoms with E-state index in [1.807, 2.05) is 6.20 Å². The van der Waals surface area contributed by atoms with Gasteiger partial charge in [-0.15, -0.1) is 0 Å². The molecule has 1 heterocycles. The van der Waals surface area contributed by atoms with Crippen LogP contribution < -0.4 is 5.32 Å². The summed E-state index contributed by atoms with van der Waals surface area (Å²) in [6, 6.07) is 0. The second-order valence-corrected chi connectivity index (χ2v) is 1.94. The van der Waals surface area contributed by atoms with E-state index in [0.29, 0.717) is 0 Å². The van der Waals surface area contributed by atoms with E-state index in [-0.39, 0.29) is 0 Å². The number of rotatable bonds is 1. The second kappa shape index (κ2) is 2.01. The fourth-order valence-electron chi connectivity index (χ4n) is 0.772. The Labute approximate surface area is 44.4 Å². The van der Waals surface area contributed by atoms with Crippen LogP contribution >= 0.6 is 0 Å². The van der Waals surface area contributed by atoms with Crippen molar-refractivity contribution >= 4 is 0 Å². The van der Waals surface area contributed by atoms with Crippen molar-refractivity contribution in [1.82, 2.24) is 5.32 Å². The molecule has 0 aromatic rings. The second-order valence-electron chi connectivity index (χ2n) is 1.94. The maximum atomic E-state index is 3.14. The third kappa shape index (κ3) is 0.952. The lowest BCUT2D eigenvalue weighted by Crippen LogP contribution is -2.06. The molecule has 0 bridgehead atoms. The van der Waals surface area contributed by atoms with Gasteiger partial charge < -0.3 is 5.32 Å². The first-order valence-electron chi connectivity index (χ1n) is 2.83. The molecule has 7 heavy (non-hydrogen) atoms. The van der Waals surface area contributed by atoms with Gasteiger partial charge in [0.15, 0.2) is 0 Å². The van der Waals surface area contributed by atoms with E-state index >= 15 is 0 Å². The predicted octanol–water partition coefficient (Wildman–Crippen LogP) is 1.13. The van der Waals surface area contributed by atoms with Crippen LogP contribution in [0.3, 0.4) is 0 Å². The first-order valence-corrected chi connectivity index (χ1v) is 2.83. The molecular weight excluding hydrogens is 86.1 g/mol. The van der Waals surface area contributed by atoms with Gasteiger partial charge in [-0.2, -0.15) is 0 Å². The summed E-state index contributed by atoms with van der Waals surface area (Å²) in [5.74, 6) is 0.806. The van der Waals surface area contributed by atoms with Gasteiger partial charge in [-0.3, -0.25) is 0 Å². The van der Waals surface area contributed by atoms with Crippen LogP contribution in [-0.4, -0.2) is 6.54 Å². The summed E-state index contributed by atoms with van der Waals surface area (Å²) in [5, 5.41) is 3.14. The molecule has 0 aromatic carbocycles. The Balaban J connectivity index is 2.28. The highest BCUT2D eigenvalue weighted by atomic mass is 14.9. The highest BCUT2D eigenvalue weighted by molar-refractivity contribution is 4.94. The summed E-state index contributed by atoms with van der Waals surface area (Å²) in [6.07, 6.45) is 5.53. The minimum absolute atomic E-state index is 0.806. The van der Waals surface area contributed by atoms with Gasteiger partial charge in [-0.05, 0) is 18.5 Å². The molecule has 0 radical (unpaired) electrons. The molecule has 1 aliphatic rings. The Morgan fingerprint density at radius 1 is 1.86 bits per heavy atom. The van der Waals surface area contributed by atoms with Gasteiger partial charge >= 0.3 is 0 Å². The topological polar surface area (TPSA) is 12.0 Å². The summed E-state index contributed by atoms with van der Waals surface area (Å²) in [6.45, 7) is 3.36. The molecule has 1 N–H and O–H groups in total. The Morgan fingerprint density at radius 3 is 3.00 bits per heavy atom. The molecule has 0 fully saturated rings. The molecule has 0 amide bonds. The number of hydrogen-bond acceptors (Lipinski definition) is 1. The van der Waals surface area contributed by atoms with E-state index in [1.54, 1.807) is 0 Å². The Morgan fingerprint density at radius 2 is 2.71 bits per heavy atom. The first-order chi connectivity index (χ1) is 3.43. The summed E-state index contributed by atoms with van der Waals surface area (Å²) in [5.41, 5.74) is 0. The summed E-state index contributed by atoms with van der Waals surface area (Å²) >= 11 is 0. The molecule has 1 aliphatic heterocycles. The summed E-state index contributed by atoms with van der Waals surface area (Å²) < 4.78 is 0. The zero-order valence-corrected chi connectivity index (χ0v) is 4.65. The zero-order chi connectivity index (χ0) is 5.11. The smallest absolute Gasteiger partial charge is 0.0204 e. The van der Waals surface area contributed by atoms with E-state index < -0.39 is 0 Å². The van der Waals surface area contributed by atoms with Crippen molar-refractivity contribution in [2.24, 2.45) is 5.92 Å². The van der Waals surface area contributed by atoms with E-state index in [4.69, 9.17) is 0 Å². The van der Waals surface area contributed by atoms with Crippen molar-refractivity contribution in [3.05, 3.63) is 12.3 Å². The Hall–Kier alpha value is -0.460. The molecule has 0 saturated carbocycles. The van der Waals surface area contributed by atoms with E-state index in [0.717, 1.165) is 12.5 Å². The van der Waals surface area contributed by atoms with Crippen molar-refractivity contribution in [3.8, 4) is 0 Å². The van der Waals surface area contributed by atoms with Crippen molar-refractivity contribution in [3.63, 3.8) is 0 Å². The standard InChI is InChI=1S/C6H11N/c1-2-6-3-4-7-5-6/h3-4,6-7H,2,5H2,1H3. The lowest BCUT2D eigenvalue weighted by atomic mass is 10.1. The molecule has 40 valence electrons. The highest BCUT2D eigenvalue weighted by Crippen LogP contribution is 2.05. The van der Waals surface area contributed by atoms with Crippen molar-refractivity contribution in [2.45, 2.75) is 13.3 Å². The zero-order valence-electron chi connectivity index (χ0n) is 4.65. The third-order valence-electron chi connectivity index (χ3n) is 1.39. The lowest BCUT2D eigenvalue weighted by Gasteiger charge is -1.98. The summed E-state index contributed by atoms with van der Waals surface area (Å²) in [4.78, 5) is 0. The fourth-order valence-corrected chi connectivity index (χ4v) is 0.772. The van der Waals surface area contributed by atoms with Gasteiger partial charge in [-0.1, -0.05) is 13.0 Å². The molecule has 1 rings (SSSR count). The van der Waals surface area contributed by atoms with Crippen LogP contribution in [0.5, 0.6) is 0 Å². The van der Waals surface area contributed by atoms with Crippen LogP contribution in [-0.2, 0) is 0 Å². The molecule has 1 nitrogen and oxygen atoms in total. The quantitative estimate of drug-likeness (QED) is 0.517. The van der Waals surface area contributed by atoms with Gasteiger partial charge in [0.2, 0.25) is 0 Å². The minimum Gasteiger partial charge on any atom is -0.391 e. The Kier molecular flexibility index (Phi) is 1.35. The first kappa shape index (κ1) is 4.69. The summed E-state index contributed by atoms with van der Waals surface area (Å²) in [7, 11) is 0. The predicted molar refractivity (Wildman–Crippen MR) is 30.9 cm³/mol. The monoisotopic (exact) mass is 97.1 g/mol. The van der Waals surface area contributed by atoms with Crippen LogP contribution in [0, 0.1) is 5.92 Å². The Bertz CT molecular complexity index is 76.2. The SMILES string of the molecule is CCC1C=CNC1. The van der Waals surface area contributed by atoms with Crippen molar-refractivity contribution in [1.29, 1.82) is 0 Å². The van der Waals surface area contributed by atoms with Gasteiger partial charge in [0.05, 0.1) is 0 Å². The molecule has 1 atom stereocenters. The maximum Gasteiger partial charge on any atom is 0.0204 e. The average Bonchev–Trinajstić information content (AvgIpc) is 2.14. The van der Waals surface area contributed by atoms with Crippen LogP contribution in [0.25, 0.3) is 0 Å². The highest BCUT2D eigenvalue weighted by Gasteiger charge is 2.02. The van der Waals surface area contributed by atoms with E-state index in [9.17, 15) is 0 Å². The third-order valence-corrected chi connectivity index (χ3v) is 1.39. The largest absolute Gasteiger partial charge is 0.391 e. The van der Waals surface area contributed by atoms with Gasteiger partial charge in [0, 0.05) is 6.54 Å².